The molecule has 4 rings (SSSR count). The summed E-state index contributed by atoms with van der Waals surface area (Å²) in [5.41, 5.74) is 4.16. The predicted octanol–water partition coefficient (Wildman–Crippen LogP) is 0.623. The number of nitrogens with one attached hydrogen (secondary N) is 2. The first kappa shape index (κ1) is 16.7. The summed E-state index contributed by atoms with van der Waals surface area (Å²) >= 11 is 0. The third-order valence-electron chi connectivity index (χ3n) is 5.17. The van der Waals surface area contributed by atoms with E-state index < -0.39 is 0 Å². The van der Waals surface area contributed by atoms with Crippen LogP contribution in [0.2, 0.25) is 0 Å². The molecule has 0 radical (unpaired) electrons. The van der Waals surface area contributed by atoms with E-state index in [1.165, 1.54) is 5.56 Å². The summed E-state index contributed by atoms with van der Waals surface area (Å²) in [6.45, 7) is 9.30. The number of benzene rings is 1. The van der Waals surface area contributed by atoms with E-state index in [-0.39, 0.29) is 0 Å². The summed E-state index contributed by atoms with van der Waals surface area (Å²) < 4.78 is 10.9. The van der Waals surface area contributed by atoms with Crippen LogP contribution in [0, 0.1) is 25.2 Å². The Balaban J connectivity index is 1.43. The summed E-state index contributed by atoms with van der Waals surface area (Å²) in [4.78, 5) is 7.25. The zero-order valence-corrected chi connectivity index (χ0v) is 15.3. The molecule has 26 heavy (non-hydrogen) atoms. The molecule has 0 saturated carbocycles. The van der Waals surface area contributed by atoms with Crippen LogP contribution in [0.25, 0.3) is 0 Å². The second-order valence-corrected chi connectivity index (χ2v) is 7.07. The Morgan fingerprint density at radius 3 is 2.69 bits per heavy atom. The van der Waals surface area contributed by atoms with Crippen LogP contribution in [0.1, 0.15) is 22.4 Å². The van der Waals surface area contributed by atoms with Crippen LogP contribution in [0.3, 0.4) is 0 Å². The van der Waals surface area contributed by atoms with Crippen molar-refractivity contribution in [3.05, 3.63) is 46.6 Å². The molecule has 6 nitrogen and oxygen atoms in total. The van der Waals surface area contributed by atoms with Crippen molar-refractivity contribution in [1.82, 2.24) is 0 Å². The Labute approximate surface area is 153 Å². The van der Waals surface area contributed by atoms with Crippen molar-refractivity contribution < 1.29 is 19.4 Å². The van der Waals surface area contributed by atoms with Gasteiger partial charge in [-0.1, -0.05) is 0 Å². The molecule has 0 amide bonds. The zero-order valence-electron chi connectivity index (χ0n) is 15.3. The number of piperazine rings is 1. The number of anilines is 1. The lowest BCUT2D eigenvalue weighted by atomic mass is 10.1. The van der Waals surface area contributed by atoms with Gasteiger partial charge >= 0.3 is 0 Å². The third kappa shape index (κ3) is 3.18. The normalized spacial score (nSPS) is 16.6. The number of fused-ring (bicyclic) bond motifs is 1. The first-order valence-corrected chi connectivity index (χ1v) is 9.04. The van der Waals surface area contributed by atoms with Crippen molar-refractivity contribution in [1.29, 1.82) is 5.26 Å². The molecule has 2 N–H and O–H groups in total. The molecule has 0 aliphatic carbocycles. The van der Waals surface area contributed by atoms with E-state index >= 15 is 0 Å². The molecule has 3 heterocycles. The van der Waals surface area contributed by atoms with Gasteiger partial charge in [-0.3, -0.25) is 0 Å². The first-order chi connectivity index (χ1) is 12.6. The topological polar surface area (TPSA) is 64.1 Å². The van der Waals surface area contributed by atoms with Gasteiger partial charge in [-0.15, -0.1) is 0 Å². The van der Waals surface area contributed by atoms with Crippen LogP contribution in [0.5, 0.6) is 11.5 Å². The molecule has 134 valence electrons. The minimum Gasteiger partial charge on any atom is -0.454 e. The molecule has 0 spiro atoms. The number of pyridine rings is 1. The molecule has 2 aromatic rings. The minimum absolute atomic E-state index is 0.317. The molecule has 0 bridgehead atoms. The number of nitrogens with zero attached hydrogens (tertiary/aromatic N) is 2. The summed E-state index contributed by atoms with van der Waals surface area (Å²) in [6, 6.07) is 10.6. The second-order valence-electron chi connectivity index (χ2n) is 7.07. The van der Waals surface area contributed by atoms with Crippen LogP contribution < -0.4 is 24.3 Å². The molecule has 1 aromatic heterocycles. The van der Waals surface area contributed by atoms with Gasteiger partial charge in [0.2, 0.25) is 6.79 Å². The molecule has 0 atom stereocenters. The summed E-state index contributed by atoms with van der Waals surface area (Å²) in [7, 11) is 0. The van der Waals surface area contributed by atoms with E-state index in [1.807, 2.05) is 26.0 Å². The number of aryl methyl sites for hydroxylation is 2. The fraction of sp³-hybridized carbons (Fsp3) is 0.400. The van der Waals surface area contributed by atoms with E-state index in [2.05, 4.69) is 28.1 Å². The van der Waals surface area contributed by atoms with Crippen molar-refractivity contribution in [2.75, 3.05) is 37.9 Å². The fourth-order valence-electron chi connectivity index (χ4n) is 3.81. The SMILES string of the molecule is Cc1cc(C)c(C#N)c(N2CC[NH+](Cc3ccc4c(c3)OCO4)CC2)[nH+]1. The van der Waals surface area contributed by atoms with Gasteiger partial charge in [0.25, 0.3) is 5.82 Å². The van der Waals surface area contributed by atoms with Crippen LogP contribution >= 0.6 is 0 Å². The van der Waals surface area contributed by atoms with Gasteiger partial charge < -0.3 is 14.4 Å². The highest BCUT2D eigenvalue weighted by Crippen LogP contribution is 2.32. The van der Waals surface area contributed by atoms with Crippen molar-refractivity contribution >= 4 is 5.82 Å². The molecule has 2 aliphatic rings. The Morgan fingerprint density at radius 2 is 1.92 bits per heavy atom. The van der Waals surface area contributed by atoms with Crippen LogP contribution in [0.15, 0.2) is 24.3 Å². The highest BCUT2D eigenvalue weighted by atomic mass is 16.7. The highest BCUT2D eigenvalue weighted by Gasteiger charge is 2.29. The molecule has 1 aromatic carbocycles. The Kier molecular flexibility index (Phi) is 4.39. The average molecular weight is 352 g/mol. The lowest BCUT2D eigenvalue weighted by Crippen LogP contribution is -3.13. The van der Waals surface area contributed by atoms with E-state index in [4.69, 9.17) is 9.47 Å². The smallest absolute Gasteiger partial charge is 0.293 e. The maximum atomic E-state index is 9.52. The largest absolute Gasteiger partial charge is 0.454 e. The van der Waals surface area contributed by atoms with Crippen LogP contribution in [-0.4, -0.2) is 33.0 Å². The number of ether oxygens (including phenoxy) is 2. The summed E-state index contributed by atoms with van der Waals surface area (Å²) in [5.74, 6) is 2.65. The van der Waals surface area contributed by atoms with E-state index in [0.29, 0.717) is 6.79 Å². The molecular formula is C20H24N4O2+2. The van der Waals surface area contributed by atoms with Gasteiger partial charge in [-0.05, 0) is 43.7 Å². The third-order valence-corrected chi connectivity index (χ3v) is 5.17. The Hall–Kier alpha value is -2.78. The molecular weight excluding hydrogens is 328 g/mol. The number of rotatable bonds is 3. The highest BCUT2D eigenvalue weighted by molar-refractivity contribution is 5.54. The van der Waals surface area contributed by atoms with Crippen molar-refractivity contribution in [3.8, 4) is 17.6 Å². The number of quaternary nitrogens is 1. The Bertz CT molecular complexity index is 867. The fourth-order valence-corrected chi connectivity index (χ4v) is 3.81. The molecule has 2 aliphatic heterocycles. The monoisotopic (exact) mass is 352 g/mol. The van der Waals surface area contributed by atoms with Gasteiger partial charge in [-0.25, -0.2) is 9.88 Å². The average Bonchev–Trinajstić information content (AvgIpc) is 3.09. The number of hydrogen-bond acceptors (Lipinski definition) is 4. The Morgan fingerprint density at radius 1 is 1.15 bits per heavy atom. The van der Waals surface area contributed by atoms with Gasteiger partial charge in [0.15, 0.2) is 11.5 Å². The van der Waals surface area contributed by atoms with E-state index in [1.54, 1.807) is 4.90 Å². The quantitative estimate of drug-likeness (QED) is 0.880. The summed E-state index contributed by atoms with van der Waals surface area (Å²) in [6.07, 6.45) is 0. The molecule has 1 saturated heterocycles. The van der Waals surface area contributed by atoms with Gasteiger partial charge in [-0.2, -0.15) is 5.26 Å². The molecule has 1 fully saturated rings. The number of hydrogen-bond donors (Lipinski definition) is 1. The standard InChI is InChI=1S/C20H22N4O2/c1-14-9-15(2)22-20(17(14)11-21)24-7-5-23(6-8-24)12-16-3-4-18-19(10-16)26-13-25-18/h3-4,9-10H,5-8,12-13H2,1-2H3/p+2. The van der Waals surface area contributed by atoms with Gasteiger partial charge in [0.1, 0.15) is 44.4 Å². The van der Waals surface area contributed by atoms with Gasteiger partial charge in [0, 0.05) is 5.56 Å². The van der Waals surface area contributed by atoms with Crippen LogP contribution in [-0.2, 0) is 6.54 Å². The number of H-pyrrole nitrogens is 1. The number of aromatic nitrogens is 1. The predicted molar refractivity (Wildman–Crippen MR) is 96.4 cm³/mol. The van der Waals surface area contributed by atoms with E-state index in [0.717, 1.165) is 66.9 Å². The van der Waals surface area contributed by atoms with E-state index in [9.17, 15) is 5.26 Å². The second kappa shape index (κ2) is 6.85. The number of nitriles is 1. The lowest BCUT2D eigenvalue weighted by molar-refractivity contribution is -0.914. The van der Waals surface area contributed by atoms with Crippen molar-refractivity contribution in [2.45, 2.75) is 20.4 Å². The van der Waals surface area contributed by atoms with Crippen molar-refractivity contribution in [2.24, 2.45) is 0 Å². The molecule has 6 heteroatoms. The maximum absolute atomic E-state index is 9.52. The zero-order chi connectivity index (χ0) is 18.1. The van der Waals surface area contributed by atoms with Gasteiger partial charge in [0.05, 0.1) is 5.69 Å². The van der Waals surface area contributed by atoms with Crippen LogP contribution in [0.4, 0.5) is 5.82 Å². The number of aromatic amines is 1. The minimum atomic E-state index is 0.317. The first-order valence-electron chi connectivity index (χ1n) is 9.04. The summed E-state index contributed by atoms with van der Waals surface area (Å²) in [5, 5.41) is 9.52. The maximum Gasteiger partial charge on any atom is 0.293 e. The van der Waals surface area contributed by atoms with Crippen molar-refractivity contribution in [3.63, 3.8) is 0 Å². The molecule has 0 unspecified atom stereocenters. The lowest BCUT2D eigenvalue weighted by Gasteiger charge is -2.29.